The van der Waals surface area contributed by atoms with Gasteiger partial charge in [0.15, 0.2) is 0 Å². The Morgan fingerprint density at radius 2 is 2.00 bits per heavy atom. The quantitative estimate of drug-likeness (QED) is 0.428. The number of hydrogen-bond donors (Lipinski definition) is 4. The van der Waals surface area contributed by atoms with Crippen molar-refractivity contribution in [2.24, 2.45) is 11.1 Å². The summed E-state index contributed by atoms with van der Waals surface area (Å²) in [5.74, 6) is 0.0914. The fourth-order valence-corrected chi connectivity index (χ4v) is 1.70. The van der Waals surface area contributed by atoms with Crippen molar-refractivity contribution in [3.05, 3.63) is 0 Å². The third-order valence-corrected chi connectivity index (χ3v) is 3.11. The first-order valence-electron chi connectivity index (χ1n) is 5.81. The molecular formula is C11H22N4O. The monoisotopic (exact) mass is 226 g/mol. The lowest BCUT2D eigenvalue weighted by Crippen LogP contribution is -2.47. The van der Waals surface area contributed by atoms with Crippen LogP contribution in [0.25, 0.3) is 0 Å². The largest absolute Gasteiger partial charge is 0.387 e. The van der Waals surface area contributed by atoms with E-state index in [0.29, 0.717) is 12.6 Å². The van der Waals surface area contributed by atoms with Crippen molar-refractivity contribution in [3.8, 4) is 0 Å². The van der Waals surface area contributed by atoms with Crippen molar-refractivity contribution in [1.29, 1.82) is 5.41 Å². The van der Waals surface area contributed by atoms with E-state index in [1.54, 1.807) is 0 Å². The molecule has 0 radical (unpaired) electrons. The second kappa shape index (κ2) is 5.18. The molecule has 0 atom stereocenters. The third kappa shape index (κ3) is 3.72. The zero-order valence-corrected chi connectivity index (χ0v) is 10.1. The van der Waals surface area contributed by atoms with Crippen LogP contribution < -0.4 is 16.4 Å². The van der Waals surface area contributed by atoms with E-state index in [4.69, 9.17) is 11.1 Å². The van der Waals surface area contributed by atoms with Gasteiger partial charge in [-0.3, -0.25) is 5.41 Å². The number of amides is 2. The van der Waals surface area contributed by atoms with Crippen LogP contribution in [-0.2, 0) is 0 Å². The van der Waals surface area contributed by atoms with Crippen LogP contribution in [0.5, 0.6) is 0 Å². The minimum atomic E-state index is -0.479. The zero-order chi connectivity index (χ0) is 12.2. The molecular weight excluding hydrogens is 204 g/mol. The van der Waals surface area contributed by atoms with Crippen molar-refractivity contribution >= 4 is 11.9 Å². The number of hydrogen-bond acceptors (Lipinski definition) is 2. The summed E-state index contributed by atoms with van der Waals surface area (Å²) in [5, 5.41) is 13.1. The summed E-state index contributed by atoms with van der Waals surface area (Å²) < 4.78 is 0. The summed E-state index contributed by atoms with van der Waals surface area (Å²) >= 11 is 0. The summed E-state index contributed by atoms with van der Waals surface area (Å²) in [6.07, 6.45) is 4.54. The predicted octanol–water partition coefficient (Wildman–Crippen LogP) is 1.19. The van der Waals surface area contributed by atoms with Gasteiger partial charge in [-0.2, -0.15) is 0 Å². The Hall–Kier alpha value is -1.26. The van der Waals surface area contributed by atoms with Gasteiger partial charge in [0.25, 0.3) is 0 Å². The normalized spacial score (nSPS) is 17.1. The van der Waals surface area contributed by atoms with Gasteiger partial charge in [0, 0.05) is 18.0 Å². The molecule has 1 aliphatic rings. The molecule has 5 heteroatoms. The Morgan fingerprint density at radius 3 is 2.50 bits per heavy atom. The van der Waals surface area contributed by atoms with Crippen molar-refractivity contribution in [3.63, 3.8) is 0 Å². The maximum absolute atomic E-state index is 11.5. The minimum Gasteiger partial charge on any atom is -0.387 e. The van der Waals surface area contributed by atoms with Crippen LogP contribution in [0.15, 0.2) is 0 Å². The van der Waals surface area contributed by atoms with E-state index >= 15 is 0 Å². The number of urea groups is 1. The predicted molar refractivity (Wildman–Crippen MR) is 64.5 cm³/mol. The molecule has 1 rings (SSSR count). The zero-order valence-electron chi connectivity index (χ0n) is 10.1. The highest BCUT2D eigenvalue weighted by molar-refractivity contribution is 5.84. The number of carbonyl (C=O) groups excluding carboxylic acids is 1. The van der Waals surface area contributed by atoms with Gasteiger partial charge in [0.1, 0.15) is 0 Å². The number of carbonyl (C=O) groups is 1. The van der Waals surface area contributed by atoms with E-state index < -0.39 is 5.41 Å². The summed E-state index contributed by atoms with van der Waals surface area (Å²) in [5.41, 5.74) is 4.95. The van der Waals surface area contributed by atoms with Crippen molar-refractivity contribution in [1.82, 2.24) is 10.6 Å². The van der Waals surface area contributed by atoms with Crippen LogP contribution in [0.4, 0.5) is 4.79 Å². The van der Waals surface area contributed by atoms with Gasteiger partial charge in [-0.05, 0) is 12.8 Å². The lowest BCUT2D eigenvalue weighted by Gasteiger charge is -2.23. The smallest absolute Gasteiger partial charge is 0.315 e. The van der Waals surface area contributed by atoms with Crippen molar-refractivity contribution in [2.45, 2.75) is 45.6 Å². The van der Waals surface area contributed by atoms with Crippen molar-refractivity contribution < 1.29 is 4.79 Å². The Kier molecular flexibility index (Phi) is 4.15. The lowest BCUT2D eigenvalue weighted by molar-refractivity contribution is 0.234. The third-order valence-electron chi connectivity index (χ3n) is 3.11. The molecule has 0 aromatic rings. The molecule has 1 fully saturated rings. The van der Waals surface area contributed by atoms with E-state index in [1.165, 1.54) is 12.8 Å². The van der Waals surface area contributed by atoms with E-state index in [2.05, 4.69) is 10.6 Å². The highest BCUT2D eigenvalue weighted by Gasteiger charge is 2.23. The van der Waals surface area contributed by atoms with Crippen LogP contribution in [0.2, 0.25) is 0 Å². The van der Waals surface area contributed by atoms with Crippen LogP contribution in [0.1, 0.15) is 39.5 Å². The average Bonchev–Trinajstić information content (AvgIpc) is 2.67. The average molecular weight is 226 g/mol. The first-order valence-corrected chi connectivity index (χ1v) is 5.81. The van der Waals surface area contributed by atoms with Gasteiger partial charge in [0.05, 0.1) is 5.84 Å². The molecule has 1 aliphatic carbocycles. The van der Waals surface area contributed by atoms with Gasteiger partial charge in [-0.1, -0.05) is 26.7 Å². The molecule has 0 heterocycles. The van der Waals surface area contributed by atoms with Gasteiger partial charge in [0.2, 0.25) is 0 Å². The van der Waals surface area contributed by atoms with E-state index in [-0.39, 0.29) is 11.9 Å². The Balaban J connectivity index is 2.26. The first kappa shape index (κ1) is 12.8. The number of nitrogens with one attached hydrogen (secondary N) is 3. The summed E-state index contributed by atoms with van der Waals surface area (Å²) in [6, 6.07) is 0.168. The summed E-state index contributed by atoms with van der Waals surface area (Å²) in [4.78, 5) is 11.5. The van der Waals surface area contributed by atoms with Gasteiger partial charge in [-0.25, -0.2) is 4.79 Å². The maximum Gasteiger partial charge on any atom is 0.315 e. The van der Waals surface area contributed by atoms with Crippen molar-refractivity contribution in [2.75, 3.05) is 6.54 Å². The molecule has 5 N–H and O–H groups in total. The highest BCUT2D eigenvalue weighted by Crippen LogP contribution is 2.17. The van der Waals surface area contributed by atoms with Crippen LogP contribution >= 0.6 is 0 Å². The molecule has 0 bridgehead atoms. The SMILES string of the molecule is CC(C)(CNC(=O)NC1CCCC1)C(=N)N. The molecule has 5 nitrogen and oxygen atoms in total. The first-order chi connectivity index (χ1) is 7.42. The van der Waals surface area contributed by atoms with Crippen LogP contribution in [0.3, 0.4) is 0 Å². The van der Waals surface area contributed by atoms with E-state index in [0.717, 1.165) is 12.8 Å². The molecule has 0 aromatic heterocycles. The Bertz CT molecular complexity index is 269. The maximum atomic E-state index is 11.5. The van der Waals surface area contributed by atoms with Gasteiger partial charge < -0.3 is 16.4 Å². The second-order valence-electron chi connectivity index (χ2n) is 5.11. The topological polar surface area (TPSA) is 91.0 Å². The second-order valence-corrected chi connectivity index (χ2v) is 5.11. The molecule has 92 valence electrons. The molecule has 1 saturated carbocycles. The van der Waals surface area contributed by atoms with Gasteiger partial charge in [-0.15, -0.1) is 0 Å². The number of amidine groups is 1. The van der Waals surface area contributed by atoms with Crippen LogP contribution in [-0.4, -0.2) is 24.5 Å². The lowest BCUT2D eigenvalue weighted by atomic mass is 9.92. The summed E-state index contributed by atoms with van der Waals surface area (Å²) in [7, 11) is 0. The summed E-state index contributed by atoms with van der Waals surface area (Å²) in [6.45, 7) is 4.07. The standard InChI is InChI=1S/C11H22N4O/c1-11(2,9(12)13)7-14-10(16)15-8-5-3-4-6-8/h8H,3-7H2,1-2H3,(H3,12,13)(H2,14,15,16). The molecule has 0 aliphatic heterocycles. The van der Waals surface area contributed by atoms with Gasteiger partial charge >= 0.3 is 6.03 Å². The molecule has 0 unspecified atom stereocenters. The Morgan fingerprint density at radius 1 is 1.44 bits per heavy atom. The van der Waals surface area contributed by atoms with E-state index in [1.807, 2.05) is 13.8 Å². The fourth-order valence-electron chi connectivity index (χ4n) is 1.70. The number of nitrogens with two attached hydrogens (primary N) is 1. The Labute approximate surface area is 96.7 Å². The highest BCUT2D eigenvalue weighted by atomic mass is 16.2. The molecule has 0 aromatic carbocycles. The van der Waals surface area contributed by atoms with Crippen LogP contribution in [0, 0.1) is 10.8 Å². The molecule has 0 spiro atoms. The van der Waals surface area contributed by atoms with E-state index in [9.17, 15) is 4.79 Å². The molecule has 0 saturated heterocycles. The molecule has 16 heavy (non-hydrogen) atoms. The minimum absolute atomic E-state index is 0.0914. The molecule has 2 amide bonds. The number of rotatable bonds is 4. The fraction of sp³-hybridized carbons (Fsp3) is 0.818.